The van der Waals surface area contributed by atoms with Gasteiger partial charge in [0.2, 0.25) is 0 Å². The average Bonchev–Trinajstić information content (AvgIpc) is 2.64. The minimum absolute atomic E-state index is 0.185. The fourth-order valence-corrected chi connectivity index (χ4v) is 1.46. The number of H-pyrrole nitrogens is 2. The molecule has 0 fully saturated rings. The smallest absolute Gasteiger partial charge is 0.319 e. The van der Waals surface area contributed by atoms with Gasteiger partial charge >= 0.3 is 5.69 Å². The van der Waals surface area contributed by atoms with Gasteiger partial charge < -0.3 is 15.3 Å². The Morgan fingerprint density at radius 1 is 1.31 bits per heavy atom. The van der Waals surface area contributed by atoms with Gasteiger partial charge in [-0.25, -0.2) is 4.79 Å². The summed E-state index contributed by atoms with van der Waals surface area (Å²) < 4.78 is 0. The third-order valence-electron chi connectivity index (χ3n) is 2.25. The Bertz CT molecular complexity index is 598. The molecule has 2 aromatic rings. The lowest BCUT2D eigenvalue weighted by Gasteiger charge is -1.91. The number of benzene rings is 1. The third kappa shape index (κ3) is 2.33. The Kier molecular flexibility index (Phi) is 3.08. The van der Waals surface area contributed by atoms with E-state index in [0.29, 0.717) is 0 Å². The molecule has 2 rings (SSSR count). The quantitative estimate of drug-likeness (QED) is 0.513. The van der Waals surface area contributed by atoms with E-state index in [-0.39, 0.29) is 5.69 Å². The van der Waals surface area contributed by atoms with Crippen molar-refractivity contribution in [1.29, 1.82) is 0 Å². The summed E-state index contributed by atoms with van der Waals surface area (Å²) in [5.41, 5.74) is 2.34. The highest BCUT2D eigenvalue weighted by molar-refractivity contribution is 5.76. The number of rotatable bonds is 2. The first-order valence-corrected chi connectivity index (χ1v) is 5.15. The van der Waals surface area contributed by atoms with E-state index in [1.165, 1.54) is 0 Å². The van der Waals surface area contributed by atoms with Gasteiger partial charge in [0.05, 0.1) is 11.0 Å². The van der Waals surface area contributed by atoms with Crippen molar-refractivity contribution < 1.29 is 0 Å². The van der Waals surface area contributed by atoms with Crippen LogP contribution in [0.1, 0.15) is 12.0 Å². The topological polar surface area (TPSA) is 60.7 Å². The predicted octanol–water partition coefficient (Wildman–Crippen LogP) is 0.817. The first-order chi connectivity index (χ1) is 7.79. The number of fused-ring (bicyclic) bond motifs is 1. The van der Waals surface area contributed by atoms with Gasteiger partial charge in [-0.2, -0.15) is 0 Å². The summed E-state index contributed by atoms with van der Waals surface area (Å²) in [6, 6.07) is 5.63. The largest absolute Gasteiger partial charge is 0.323 e. The molecule has 0 aliphatic carbocycles. The van der Waals surface area contributed by atoms with Crippen LogP contribution in [0.5, 0.6) is 0 Å². The lowest BCUT2D eigenvalue weighted by molar-refractivity contribution is 0.818. The molecule has 0 bridgehead atoms. The predicted molar refractivity (Wildman–Crippen MR) is 64.3 cm³/mol. The summed E-state index contributed by atoms with van der Waals surface area (Å²) in [5.74, 6) is 6.11. The van der Waals surface area contributed by atoms with Crippen molar-refractivity contribution in [2.75, 3.05) is 13.6 Å². The molecule has 82 valence electrons. The van der Waals surface area contributed by atoms with E-state index in [4.69, 9.17) is 0 Å². The maximum Gasteiger partial charge on any atom is 0.323 e. The molecular formula is C12H13N3O. The molecule has 0 spiro atoms. The second-order valence-corrected chi connectivity index (χ2v) is 3.49. The Morgan fingerprint density at radius 3 is 2.94 bits per heavy atom. The Morgan fingerprint density at radius 2 is 2.12 bits per heavy atom. The van der Waals surface area contributed by atoms with Crippen molar-refractivity contribution in [2.45, 2.75) is 6.42 Å². The molecule has 1 heterocycles. The Hall–Kier alpha value is -1.99. The summed E-state index contributed by atoms with van der Waals surface area (Å²) >= 11 is 0. The average molecular weight is 215 g/mol. The van der Waals surface area contributed by atoms with Crippen molar-refractivity contribution >= 4 is 11.0 Å². The lowest BCUT2D eigenvalue weighted by Crippen LogP contribution is -2.05. The minimum Gasteiger partial charge on any atom is -0.319 e. The van der Waals surface area contributed by atoms with Crippen LogP contribution < -0.4 is 11.0 Å². The molecule has 0 aliphatic heterocycles. The first-order valence-electron chi connectivity index (χ1n) is 5.15. The number of aromatic amines is 2. The van der Waals surface area contributed by atoms with Crippen molar-refractivity contribution in [3.05, 3.63) is 34.2 Å². The van der Waals surface area contributed by atoms with Crippen LogP contribution in [0.15, 0.2) is 23.0 Å². The highest BCUT2D eigenvalue weighted by Gasteiger charge is 1.97. The van der Waals surface area contributed by atoms with Crippen LogP contribution in [0.25, 0.3) is 11.0 Å². The highest BCUT2D eigenvalue weighted by atomic mass is 16.1. The summed E-state index contributed by atoms with van der Waals surface area (Å²) in [7, 11) is 1.90. The zero-order valence-electron chi connectivity index (χ0n) is 9.05. The number of imidazole rings is 1. The van der Waals surface area contributed by atoms with Crippen molar-refractivity contribution in [1.82, 2.24) is 15.3 Å². The molecular weight excluding hydrogens is 202 g/mol. The molecule has 0 radical (unpaired) electrons. The van der Waals surface area contributed by atoms with Crippen LogP contribution >= 0.6 is 0 Å². The third-order valence-corrected chi connectivity index (χ3v) is 2.25. The first kappa shape index (κ1) is 10.5. The van der Waals surface area contributed by atoms with Crippen LogP contribution in [-0.2, 0) is 0 Å². The van der Waals surface area contributed by atoms with Crippen molar-refractivity contribution in [3.63, 3.8) is 0 Å². The van der Waals surface area contributed by atoms with E-state index in [9.17, 15) is 4.79 Å². The molecule has 1 aromatic carbocycles. The molecule has 4 nitrogen and oxygen atoms in total. The van der Waals surface area contributed by atoms with E-state index in [2.05, 4.69) is 27.1 Å². The molecule has 1 aromatic heterocycles. The normalized spacial score (nSPS) is 10.1. The maximum atomic E-state index is 11.0. The van der Waals surface area contributed by atoms with Gasteiger partial charge in [-0.1, -0.05) is 11.8 Å². The molecule has 0 unspecified atom stereocenters. The van der Waals surface area contributed by atoms with E-state index >= 15 is 0 Å². The second-order valence-electron chi connectivity index (χ2n) is 3.49. The highest BCUT2D eigenvalue weighted by Crippen LogP contribution is 2.08. The van der Waals surface area contributed by atoms with Crippen LogP contribution in [0.2, 0.25) is 0 Å². The summed E-state index contributed by atoms with van der Waals surface area (Å²) in [6.45, 7) is 0.885. The molecule has 4 heteroatoms. The van der Waals surface area contributed by atoms with Gasteiger partial charge in [0.1, 0.15) is 0 Å². The molecule has 16 heavy (non-hydrogen) atoms. The Labute approximate surface area is 93.1 Å². The summed E-state index contributed by atoms with van der Waals surface area (Å²) in [6.07, 6.45) is 0.818. The zero-order valence-corrected chi connectivity index (χ0v) is 9.05. The second kappa shape index (κ2) is 4.69. The van der Waals surface area contributed by atoms with E-state index < -0.39 is 0 Å². The zero-order chi connectivity index (χ0) is 11.4. The SMILES string of the molecule is CNCCC#Cc1ccc2[nH]c(=O)[nH]c2c1. The molecule has 0 atom stereocenters. The van der Waals surface area contributed by atoms with Gasteiger partial charge in [-0.3, -0.25) is 0 Å². The van der Waals surface area contributed by atoms with Gasteiger partial charge in [0.25, 0.3) is 0 Å². The molecule has 0 aliphatic rings. The maximum absolute atomic E-state index is 11.0. The summed E-state index contributed by atoms with van der Waals surface area (Å²) in [5, 5.41) is 3.03. The molecule has 0 saturated heterocycles. The fourth-order valence-electron chi connectivity index (χ4n) is 1.46. The number of aromatic nitrogens is 2. The molecule has 0 amide bonds. The lowest BCUT2D eigenvalue weighted by atomic mass is 10.2. The molecule has 0 saturated carbocycles. The van der Waals surface area contributed by atoms with Crippen molar-refractivity contribution in [3.8, 4) is 11.8 Å². The van der Waals surface area contributed by atoms with Gasteiger partial charge in [-0.05, 0) is 25.2 Å². The van der Waals surface area contributed by atoms with Gasteiger partial charge in [-0.15, -0.1) is 0 Å². The van der Waals surface area contributed by atoms with Crippen LogP contribution in [0, 0.1) is 11.8 Å². The van der Waals surface area contributed by atoms with E-state index in [1.807, 2.05) is 25.2 Å². The van der Waals surface area contributed by atoms with Crippen LogP contribution in [0.4, 0.5) is 0 Å². The van der Waals surface area contributed by atoms with Crippen LogP contribution in [0.3, 0.4) is 0 Å². The number of nitrogens with one attached hydrogen (secondary N) is 3. The monoisotopic (exact) mass is 215 g/mol. The number of hydrogen-bond donors (Lipinski definition) is 3. The standard InChI is InChI=1S/C12H13N3O/c1-13-7-3-2-4-9-5-6-10-11(8-9)15-12(16)14-10/h5-6,8,13H,3,7H2,1H3,(H2,14,15,16). The number of hydrogen-bond acceptors (Lipinski definition) is 2. The molecule has 3 N–H and O–H groups in total. The summed E-state index contributed by atoms with van der Waals surface area (Å²) in [4.78, 5) is 16.4. The van der Waals surface area contributed by atoms with Crippen LogP contribution in [-0.4, -0.2) is 23.6 Å². The van der Waals surface area contributed by atoms with Gasteiger partial charge in [0, 0.05) is 18.5 Å². The van der Waals surface area contributed by atoms with E-state index in [0.717, 1.165) is 29.6 Å². The van der Waals surface area contributed by atoms with Crippen molar-refractivity contribution in [2.24, 2.45) is 0 Å². The minimum atomic E-state index is -0.185. The Balaban J connectivity index is 2.24. The van der Waals surface area contributed by atoms with Gasteiger partial charge in [0.15, 0.2) is 0 Å². The fraction of sp³-hybridized carbons (Fsp3) is 0.250. The van der Waals surface area contributed by atoms with E-state index in [1.54, 1.807) is 0 Å².